The zero-order valence-electron chi connectivity index (χ0n) is 28.4. The topological polar surface area (TPSA) is 142 Å². The predicted octanol–water partition coefficient (Wildman–Crippen LogP) is 3.22. The molecule has 250 valence electrons. The number of carbonyl (C=O) groups excluding carboxylic acids is 3. The van der Waals surface area contributed by atoms with Crippen molar-refractivity contribution in [3.05, 3.63) is 148 Å². The normalized spacial score (nSPS) is 14.8. The van der Waals surface area contributed by atoms with Crippen LogP contribution in [0.1, 0.15) is 64.6 Å². The van der Waals surface area contributed by atoms with E-state index >= 15 is 0 Å². The average Bonchev–Trinajstić information content (AvgIpc) is 3.11. The van der Waals surface area contributed by atoms with Crippen LogP contribution in [0, 0.1) is 5.92 Å². The summed E-state index contributed by atoms with van der Waals surface area (Å²) in [4.78, 5) is 46.5. The number of ether oxygens (including phenoxy) is 1. The number of benzene rings is 5. The van der Waals surface area contributed by atoms with Crippen molar-refractivity contribution in [1.82, 2.24) is 0 Å². The third-order valence-electron chi connectivity index (χ3n) is 9.47. The molecule has 0 saturated carbocycles. The van der Waals surface area contributed by atoms with Gasteiger partial charge in [0.15, 0.2) is 17.3 Å². The minimum atomic E-state index is -4.69. The quantitative estimate of drug-likeness (QED) is 0.107. The second-order valence-corrected chi connectivity index (χ2v) is 14.3. The summed E-state index contributed by atoms with van der Waals surface area (Å²) >= 11 is 0. The Labute approximate surface area is 317 Å². The van der Waals surface area contributed by atoms with Crippen molar-refractivity contribution in [3.8, 4) is 11.5 Å². The average molecular weight is 707 g/mol. The Kier molecular flexibility index (Phi) is 9.75. The molecule has 9 nitrogen and oxygen atoms in total. The van der Waals surface area contributed by atoms with Gasteiger partial charge in [-0.15, -0.1) is 0 Å². The zero-order chi connectivity index (χ0) is 35.4. The first kappa shape index (κ1) is 36.1. The molecule has 2 aliphatic rings. The molecule has 1 aliphatic carbocycles. The van der Waals surface area contributed by atoms with Crippen molar-refractivity contribution >= 4 is 44.5 Å². The summed E-state index contributed by atoms with van der Waals surface area (Å²) in [6, 6.07) is 29.6. The van der Waals surface area contributed by atoms with Gasteiger partial charge in [0.2, 0.25) is 0 Å². The van der Waals surface area contributed by atoms with E-state index in [1.165, 1.54) is 24.3 Å². The molecule has 0 radical (unpaired) electrons. The molecular formula is C40H31N2NaO7S. The van der Waals surface area contributed by atoms with Crippen LogP contribution in [0.2, 0.25) is 0 Å². The molecule has 51 heavy (non-hydrogen) atoms. The summed E-state index contributed by atoms with van der Waals surface area (Å²) in [5.74, 6) is -2.22. The summed E-state index contributed by atoms with van der Waals surface area (Å²) in [6.45, 7) is 6.42. The number of nitrogens with one attached hydrogen (secondary N) is 1. The number of hydrogen-bond donors (Lipinski definition) is 1. The van der Waals surface area contributed by atoms with E-state index in [0.717, 1.165) is 12.0 Å². The largest absolute Gasteiger partial charge is 1.00 e. The summed E-state index contributed by atoms with van der Waals surface area (Å²) < 4.78 is 41.2. The van der Waals surface area contributed by atoms with Crippen LogP contribution in [0.15, 0.2) is 119 Å². The minimum absolute atomic E-state index is 0. The van der Waals surface area contributed by atoms with E-state index in [2.05, 4.69) is 31.1 Å². The van der Waals surface area contributed by atoms with Gasteiger partial charge < -0.3 is 14.6 Å². The molecule has 0 bridgehead atoms. The predicted molar refractivity (Wildman–Crippen MR) is 186 cm³/mol. The monoisotopic (exact) mass is 706 g/mol. The van der Waals surface area contributed by atoms with E-state index in [-0.39, 0.29) is 63.1 Å². The fourth-order valence-electron chi connectivity index (χ4n) is 6.39. The van der Waals surface area contributed by atoms with Gasteiger partial charge in [-0.05, 0) is 64.9 Å². The van der Waals surface area contributed by atoms with Crippen LogP contribution in [0.25, 0.3) is 5.57 Å². The van der Waals surface area contributed by atoms with Gasteiger partial charge in [0, 0.05) is 28.1 Å². The smallest absolute Gasteiger partial charge is 0.744 e. The maximum Gasteiger partial charge on any atom is 1.00 e. The van der Waals surface area contributed by atoms with Crippen LogP contribution in [0.4, 0.5) is 11.4 Å². The Morgan fingerprint density at radius 3 is 2.14 bits per heavy atom. The Bertz CT molecular complexity index is 2460. The van der Waals surface area contributed by atoms with Crippen molar-refractivity contribution in [2.45, 2.75) is 37.5 Å². The van der Waals surface area contributed by atoms with Crippen LogP contribution in [-0.2, 0) is 20.3 Å². The fraction of sp³-hybridized carbons (Fsp3) is 0.150. The van der Waals surface area contributed by atoms with Crippen molar-refractivity contribution in [1.29, 1.82) is 0 Å². The van der Waals surface area contributed by atoms with Crippen LogP contribution in [-0.4, -0.2) is 30.4 Å². The van der Waals surface area contributed by atoms with Gasteiger partial charge in [-0.3, -0.25) is 14.4 Å². The van der Waals surface area contributed by atoms with E-state index in [9.17, 15) is 27.4 Å². The van der Waals surface area contributed by atoms with Crippen LogP contribution >= 0.6 is 0 Å². The van der Waals surface area contributed by atoms with Gasteiger partial charge >= 0.3 is 29.6 Å². The Morgan fingerprint density at radius 1 is 0.882 bits per heavy atom. The third-order valence-corrected chi connectivity index (χ3v) is 10.3. The molecule has 5 aromatic carbocycles. The molecule has 1 atom stereocenters. The Balaban J connectivity index is 0.00000448. The van der Waals surface area contributed by atoms with Gasteiger partial charge in [-0.2, -0.15) is 0 Å². The van der Waals surface area contributed by atoms with Gasteiger partial charge in [-0.1, -0.05) is 87.5 Å². The standard InChI is InChI=1S/C40H32N2O7S.Na/c1-4-40(2,3)24-14-18-26(19-15-24)49-31-22-30(41-25-16-20-27(21-17-25)50(46,47)48)33-34-32(28-12-8-9-13-29(28)38(33)44)35(39(45)42-36(31)34)37(43)23-10-6-5-7-11-23;/h5-22,35,41H,4H2,1-3H3,(H,46,47,48);/q;+1/p-1. The van der Waals surface area contributed by atoms with Gasteiger partial charge in [0.1, 0.15) is 27.1 Å². The maximum atomic E-state index is 14.4. The Hall–Kier alpha value is -4.71. The van der Waals surface area contributed by atoms with E-state index < -0.39 is 32.6 Å². The van der Waals surface area contributed by atoms with Gasteiger partial charge in [-0.25, -0.2) is 13.4 Å². The number of nitrogens with zero attached hydrogens (tertiary/aromatic N) is 1. The molecule has 7 rings (SSSR count). The number of Topliss-reactive ketones (excluding diaryl/α,β-unsaturated/α-hetero) is 1. The molecule has 1 aliphatic heterocycles. The molecule has 1 heterocycles. The first-order valence-corrected chi connectivity index (χ1v) is 17.5. The second-order valence-electron chi connectivity index (χ2n) is 12.9. The van der Waals surface area contributed by atoms with Crippen LogP contribution < -0.4 is 50.2 Å². The van der Waals surface area contributed by atoms with Crippen molar-refractivity contribution in [2.24, 2.45) is 10.9 Å². The molecule has 11 heteroatoms. The first-order valence-electron chi connectivity index (χ1n) is 16.1. The molecule has 0 fully saturated rings. The molecule has 0 spiro atoms. The summed E-state index contributed by atoms with van der Waals surface area (Å²) in [7, 11) is -4.69. The molecule has 0 aromatic heterocycles. The number of carbonyl (C=O) groups is 3. The van der Waals surface area contributed by atoms with Gasteiger partial charge in [0.05, 0.1) is 16.1 Å². The SMILES string of the molecule is CCC(C)(C)c1ccc(Oc2cc(Nc3ccc(S(=O)(=O)[O-])cc3)c3c4c2=NC(=O)C(C(=O)c2ccccc2)C=4c2ccccc2C3=O)cc1.[Na+]. The summed E-state index contributed by atoms with van der Waals surface area (Å²) in [5.41, 5.74) is 3.29. The number of fused-ring (bicyclic) bond motifs is 2. The summed E-state index contributed by atoms with van der Waals surface area (Å²) in [6.07, 6.45) is 0.927. The number of hydrogen-bond acceptors (Lipinski definition) is 8. The van der Waals surface area contributed by atoms with Crippen molar-refractivity contribution < 1.29 is 61.6 Å². The number of rotatable bonds is 9. The number of amides is 1. The van der Waals surface area contributed by atoms with Crippen LogP contribution in [0.3, 0.4) is 0 Å². The molecule has 1 N–H and O–H groups in total. The van der Waals surface area contributed by atoms with E-state index in [1.54, 1.807) is 60.7 Å². The Morgan fingerprint density at radius 2 is 1.51 bits per heavy atom. The fourth-order valence-corrected chi connectivity index (χ4v) is 6.86. The van der Waals surface area contributed by atoms with Gasteiger partial charge in [0.25, 0.3) is 5.91 Å². The van der Waals surface area contributed by atoms with E-state index in [0.29, 0.717) is 38.9 Å². The van der Waals surface area contributed by atoms with Crippen LogP contribution in [0.5, 0.6) is 11.5 Å². The van der Waals surface area contributed by atoms with E-state index in [4.69, 9.17) is 4.74 Å². The maximum absolute atomic E-state index is 14.4. The van der Waals surface area contributed by atoms with Crippen molar-refractivity contribution in [3.63, 3.8) is 0 Å². The second kappa shape index (κ2) is 13.8. The molecule has 0 saturated heterocycles. The minimum Gasteiger partial charge on any atom is -0.744 e. The number of ketones is 2. The van der Waals surface area contributed by atoms with E-state index in [1.807, 2.05) is 24.3 Å². The molecular weight excluding hydrogens is 676 g/mol. The molecule has 5 aromatic rings. The molecule has 1 amide bonds. The number of anilines is 2. The third kappa shape index (κ3) is 6.61. The summed E-state index contributed by atoms with van der Waals surface area (Å²) in [5, 5.41) is 3.61. The van der Waals surface area contributed by atoms with Crippen molar-refractivity contribution in [2.75, 3.05) is 5.32 Å². The zero-order valence-corrected chi connectivity index (χ0v) is 31.2. The molecule has 1 unspecified atom stereocenters. The first-order chi connectivity index (χ1) is 23.9.